The van der Waals surface area contributed by atoms with Crippen molar-refractivity contribution in [3.63, 3.8) is 0 Å². The van der Waals surface area contributed by atoms with Crippen molar-refractivity contribution in [3.05, 3.63) is 64.7 Å². The largest absolute Gasteiger partial charge is 0.325 e. The molecule has 1 saturated heterocycles. The summed E-state index contributed by atoms with van der Waals surface area (Å²) in [6.07, 6.45) is 5.98. The van der Waals surface area contributed by atoms with Gasteiger partial charge in [0.1, 0.15) is 0 Å². The van der Waals surface area contributed by atoms with Gasteiger partial charge in [-0.3, -0.25) is 19.3 Å². The van der Waals surface area contributed by atoms with Crippen LogP contribution in [0.2, 0.25) is 0 Å². The molecule has 1 fully saturated rings. The first-order valence-electron chi connectivity index (χ1n) is 9.98. The SMILES string of the molecule is O=C(CN1CCCCCCC1)Nc1ccc2c(c1)C(=O)c1ccccc1C2=O. The summed E-state index contributed by atoms with van der Waals surface area (Å²) in [5, 5.41) is 2.89. The van der Waals surface area contributed by atoms with Crippen molar-refractivity contribution in [2.45, 2.75) is 32.1 Å². The molecule has 1 aliphatic heterocycles. The van der Waals surface area contributed by atoms with Crippen LogP contribution < -0.4 is 5.32 Å². The van der Waals surface area contributed by atoms with Crippen LogP contribution in [-0.4, -0.2) is 42.0 Å². The molecule has 4 rings (SSSR count). The van der Waals surface area contributed by atoms with E-state index in [0.717, 1.165) is 25.9 Å². The molecule has 2 aromatic rings. The number of likely N-dealkylation sites (tertiary alicyclic amines) is 1. The van der Waals surface area contributed by atoms with Crippen molar-refractivity contribution < 1.29 is 14.4 Å². The maximum Gasteiger partial charge on any atom is 0.238 e. The molecule has 0 aromatic heterocycles. The monoisotopic (exact) mass is 376 g/mol. The second kappa shape index (κ2) is 8.07. The van der Waals surface area contributed by atoms with E-state index in [2.05, 4.69) is 10.2 Å². The Morgan fingerprint density at radius 3 is 2.04 bits per heavy atom. The van der Waals surface area contributed by atoms with Crippen molar-refractivity contribution in [2.24, 2.45) is 0 Å². The molecule has 1 N–H and O–H groups in total. The fourth-order valence-electron chi connectivity index (χ4n) is 4.05. The normalized spacial score (nSPS) is 17.3. The summed E-state index contributed by atoms with van der Waals surface area (Å²) in [6.45, 7) is 2.25. The summed E-state index contributed by atoms with van der Waals surface area (Å²) >= 11 is 0. The van der Waals surface area contributed by atoms with Crippen molar-refractivity contribution in [1.82, 2.24) is 4.90 Å². The van der Waals surface area contributed by atoms with E-state index in [9.17, 15) is 14.4 Å². The molecule has 5 heteroatoms. The Bertz CT molecular complexity index is 927. The van der Waals surface area contributed by atoms with Crippen LogP contribution in [0.5, 0.6) is 0 Å². The van der Waals surface area contributed by atoms with Crippen LogP contribution in [0, 0.1) is 0 Å². The Balaban J connectivity index is 1.49. The van der Waals surface area contributed by atoms with Crippen LogP contribution in [0.25, 0.3) is 0 Å². The van der Waals surface area contributed by atoms with E-state index in [1.165, 1.54) is 19.3 Å². The van der Waals surface area contributed by atoms with Crippen LogP contribution in [-0.2, 0) is 4.79 Å². The summed E-state index contributed by atoms with van der Waals surface area (Å²) < 4.78 is 0. The number of amides is 1. The lowest BCUT2D eigenvalue weighted by atomic mass is 9.84. The number of fused-ring (bicyclic) bond motifs is 2. The third-order valence-electron chi connectivity index (χ3n) is 5.52. The van der Waals surface area contributed by atoms with Crippen molar-refractivity contribution in [1.29, 1.82) is 0 Å². The molecule has 2 aliphatic rings. The predicted molar refractivity (Wildman–Crippen MR) is 108 cm³/mol. The van der Waals surface area contributed by atoms with Gasteiger partial charge in [-0.15, -0.1) is 0 Å². The molecule has 0 saturated carbocycles. The van der Waals surface area contributed by atoms with E-state index in [1.807, 2.05) is 0 Å². The molecule has 1 aliphatic carbocycles. The van der Waals surface area contributed by atoms with E-state index in [-0.39, 0.29) is 17.5 Å². The van der Waals surface area contributed by atoms with E-state index in [1.54, 1.807) is 42.5 Å². The zero-order valence-electron chi connectivity index (χ0n) is 15.9. The fourth-order valence-corrected chi connectivity index (χ4v) is 4.05. The van der Waals surface area contributed by atoms with E-state index in [4.69, 9.17) is 0 Å². The van der Waals surface area contributed by atoms with Crippen molar-refractivity contribution in [2.75, 3.05) is 25.0 Å². The van der Waals surface area contributed by atoms with Crippen LogP contribution in [0.4, 0.5) is 5.69 Å². The molecule has 1 heterocycles. The number of nitrogens with zero attached hydrogens (tertiary/aromatic N) is 1. The van der Waals surface area contributed by atoms with Gasteiger partial charge in [-0.2, -0.15) is 0 Å². The number of nitrogens with one attached hydrogen (secondary N) is 1. The highest BCUT2D eigenvalue weighted by Crippen LogP contribution is 2.29. The number of rotatable bonds is 3. The van der Waals surface area contributed by atoms with Gasteiger partial charge in [0.15, 0.2) is 11.6 Å². The molecule has 0 atom stereocenters. The van der Waals surface area contributed by atoms with Crippen LogP contribution >= 0.6 is 0 Å². The second-order valence-corrected chi connectivity index (χ2v) is 7.56. The first-order chi connectivity index (χ1) is 13.6. The first kappa shape index (κ1) is 18.6. The summed E-state index contributed by atoms with van der Waals surface area (Å²) in [5.74, 6) is -0.413. The number of hydrogen-bond acceptors (Lipinski definition) is 4. The van der Waals surface area contributed by atoms with Crippen molar-refractivity contribution in [3.8, 4) is 0 Å². The van der Waals surface area contributed by atoms with E-state index >= 15 is 0 Å². The Kier molecular flexibility index (Phi) is 5.35. The van der Waals surface area contributed by atoms with Gasteiger partial charge in [0.25, 0.3) is 0 Å². The molecule has 0 unspecified atom stereocenters. The number of ketones is 2. The zero-order chi connectivity index (χ0) is 19.5. The minimum Gasteiger partial charge on any atom is -0.325 e. The Labute approximate surface area is 164 Å². The van der Waals surface area contributed by atoms with Gasteiger partial charge in [0.2, 0.25) is 5.91 Å². The number of hydrogen-bond donors (Lipinski definition) is 1. The van der Waals surface area contributed by atoms with Gasteiger partial charge in [-0.25, -0.2) is 0 Å². The average Bonchev–Trinajstić information content (AvgIpc) is 2.68. The van der Waals surface area contributed by atoms with Gasteiger partial charge in [-0.1, -0.05) is 43.5 Å². The Hall–Kier alpha value is -2.79. The van der Waals surface area contributed by atoms with Crippen LogP contribution in [0.1, 0.15) is 63.9 Å². The maximum absolute atomic E-state index is 12.8. The molecular weight excluding hydrogens is 352 g/mol. The van der Waals surface area contributed by atoms with E-state index in [0.29, 0.717) is 34.5 Å². The lowest BCUT2D eigenvalue weighted by Crippen LogP contribution is -2.35. The lowest BCUT2D eigenvalue weighted by Gasteiger charge is -2.24. The van der Waals surface area contributed by atoms with Crippen molar-refractivity contribution >= 4 is 23.2 Å². The minimum atomic E-state index is -0.176. The quantitative estimate of drug-likeness (QED) is 0.757. The van der Waals surface area contributed by atoms with Gasteiger partial charge in [-0.05, 0) is 44.1 Å². The number of anilines is 1. The van der Waals surface area contributed by atoms with Gasteiger partial charge >= 0.3 is 0 Å². The summed E-state index contributed by atoms with van der Waals surface area (Å²) in [7, 11) is 0. The predicted octanol–water partition coefficient (Wildman–Crippen LogP) is 3.67. The molecule has 0 spiro atoms. The topological polar surface area (TPSA) is 66.5 Å². The average molecular weight is 376 g/mol. The molecule has 2 aromatic carbocycles. The van der Waals surface area contributed by atoms with Crippen LogP contribution in [0.15, 0.2) is 42.5 Å². The third kappa shape index (κ3) is 3.76. The highest BCUT2D eigenvalue weighted by atomic mass is 16.2. The first-order valence-corrected chi connectivity index (χ1v) is 9.98. The molecule has 5 nitrogen and oxygen atoms in total. The fraction of sp³-hybridized carbons (Fsp3) is 0.348. The van der Waals surface area contributed by atoms with Gasteiger partial charge < -0.3 is 5.32 Å². The highest BCUT2D eigenvalue weighted by Gasteiger charge is 2.29. The molecule has 28 heavy (non-hydrogen) atoms. The second-order valence-electron chi connectivity index (χ2n) is 7.56. The number of benzene rings is 2. The summed E-state index contributed by atoms with van der Waals surface area (Å²) in [4.78, 5) is 40.1. The maximum atomic E-state index is 12.8. The van der Waals surface area contributed by atoms with E-state index < -0.39 is 0 Å². The standard InChI is InChI=1S/C23H24N2O3/c26-21(15-25-12-6-2-1-3-7-13-25)24-16-10-11-19-20(14-16)23(28)18-9-5-4-8-17(18)22(19)27/h4-5,8-11,14H,1-3,6-7,12-13,15H2,(H,24,26). The number of carbonyl (C=O) groups excluding carboxylic acids is 3. The molecule has 0 radical (unpaired) electrons. The van der Waals surface area contributed by atoms with Gasteiger partial charge in [0, 0.05) is 27.9 Å². The number of carbonyl (C=O) groups is 3. The third-order valence-corrected chi connectivity index (χ3v) is 5.52. The Morgan fingerprint density at radius 1 is 0.786 bits per heavy atom. The van der Waals surface area contributed by atoms with Gasteiger partial charge in [0.05, 0.1) is 6.54 Å². The zero-order valence-corrected chi connectivity index (χ0v) is 15.9. The summed E-state index contributed by atoms with van der Waals surface area (Å²) in [5.41, 5.74) is 2.16. The smallest absolute Gasteiger partial charge is 0.238 e. The molecular formula is C23H24N2O3. The molecule has 0 bridgehead atoms. The Morgan fingerprint density at radius 2 is 1.36 bits per heavy atom. The molecule has 144 valence electrons. The summed E-state index contributed by atoms with van der Waals surface area (Å²) in [6, 6.07) is 11.8. The minimum absolute atomic E-state index is 0.0875. The highest BCUT2D eigenvalue weighted by molar-refractivity contribution is 6.28. The lowest BCUT2D eigenvalue weighted by molar-refractivity contribution is -0.117. The van der Waals surface area contributed by atoms with Crippen LogP contribution in [0.3, 0.4) is 0 Å². The molecule has 1 amide bonds.